The third-order valence-corrected chi connectivity index (χ3v) is 5.08. The second kappa shape index (κ2) is 9.95. The van der Waals surface area contributed by atoms with E-state index < -0.39 is 0 Å². The fourth-order valence-corrected chi connectivity index (χ4v) is 3.32. The average molecular weight is 378 g/mol. The van der Waals surface area contributed by atoms with Crippen molar-refractivity contribution in [3.05, 3.63) is 24.3 Å². The van der Waals surface area contributed by atoms with Crippen molar-refractivity contribution in [3.8, 4) is 5.75 Å². The van der Waals surface area contributed by atoms with Gasteiger partial charge in [-0.15, -0.1) is 0 Å². The lowest BCUT2D eigenvalue weighted by Crippen LogP contribution is -2.48. The smallest absolute Gasteiger partial charge is 0.319 e. The maximum Gasteiger partial charge on any atom is 0.319 e. The third-order valence-electron chi connectivity index (χ3n) is 5.08. The topological polar surface area (TPSA) is 62.8 Å². The van der Waals surface area contributed by atoms with Crippen LogP contribution in [0.15, 0.2) is 24.3 Å². The number of para-hydroxylation sites is 2. The van der Waals surface area contributed by atoms with E-state index in [2.05, 4.69) is 29.4 Å². The maximum absolute atomic E-state index is 12.5. The summed E-state index contributed by atoms with van der Waals surface area (Å²) in [4.78, 5) is 14.6. The second-order valence-corrected chi connectivity index (χ2v) is 8.34. The molecule has 0 radical (unpaired) electrons. The van der Waals surface area contributed by atoms with Crippen LogP contribution < -0.4 is 15.4 Å². The molecule has 1 aliphatic heterocycles. The van der Waals surface area contributed by atoms with E-state index in [0.29, 0.717) is 18.0 Å². The molecule has 152 valence electrons. The number of benzene rings is 1. The number of ether oxygens (including phenoxy) is 2. The molecule has 0 aromatic heterocycles. The number of rotatable bonds is 8. The minimum absolute atomic E-state index is 0.0172. The molecular weight excluding hydrogens is 342 g/mol. The van der Waals surface area contributed by atoms with Gasteiger partial charge in [0.15, 0.2) is 0 Å². The molecule has 2 atom stereocenters. The van der Waals surface area contributed by atoms with Crippen molar-refractivity contribution in [2.24, 2.45) is 5.41 Å². The zero-order valence-electron chi connectivity index (χ0n) is 17.4. The van der Waals surface area contributed by atoms with E-state index in [1.54, 1.807) is 0 Å². The van der Waals surface area contributed by atoms with Gasteiger partial charge in [0.05, 0.1) is 11.8 Å². The molecule has 1 aliphatic rings. The number of hydrogen-bond acceptors (Lipinski definition) is 4. The lowest BCUT2D eigenvalue weighted by Gasteiger charge is -2.34. The van der Waals surface area contributed by atoms with Gasteiger partial charge in [-0.1, -0.05) is 26.0 Å². The van der Waals surface area contributed by atoms with Crippen LogP contribution in [0.1, 0.15) is 40.0 Å². The molecule has 1 heterocycles. The SMILES string of the molecule is CC(NC(=O)Nc1ccccc1OCC1CCCCO1)C(C)(C)CN(C)C. The largest absolute Gasteiger partial charge is 0.489 e. The van der Waals surface area contributed by atoms with Gasteiger partial charge in [0.2, 0.25) is 0 Å². The van der Waals surface area contributed by atoms with Crippen LogP contribution in [0, 0.1) is 5.41 Å². The van der Waals surface area contributed by atoms with Gasteiger partial charge in [-0.25, -0.2) is 4.79 Å². The maximum atomic E-state index is 12.5. The molecule has 6 heteroatoms. The minimum Gasteiger partial charge on any atom is -0.489 e. The normalized spacial score (nSPS) is 18.8. The van der Waals surface area contributed by atoms with Crippen molar-refractivity contribution in [1.29, 1.82) is 0 Å². The number of urea groups is 1. The highest BCUT2D eigenvalue weighted by Crippen LogP contribution is 2.26. The van der Waals surface area contributed by atoms with E-state index in [9.17, 15) is 4.79 Å². The fourth-order valence-electron chi connectivity index (χ4n) is 3.32. The number of amides is 2. The summed E-state index contributed by atoms with van der Waals surface area (Å²) in [5.74, 6) is 0.669. The van der Waals surface area contributed by atoms with Gasteiger partial charge in [0.1, 0.15) is 12.4 Å². The monoisotopic (exact) mass is 377 g/mol. The molecule has 2 unspecified atom stereocenters. The van der Waals surface area contributed by atoms with Crippen LogP contribution >= 0.6 is 0 Å². The molecule has 0 spiro atoms. The van der Waals surface area contributed by atoms with Crippen LogP contribution in [0.3, 0.4) is 0 Å². The van der Waals surface area contributed by atoms with Crippen LogP contribution in [-0.4, -0.2) is 56.9 Å². The highest BCUT2D eigenvalue weighted by atomic mass is 16.5. The summed E-state index contributed by atoms with van der Waals surface area (Å²) in [6.45, 7) is 8.53. The average Bonchev–Trinajstić information content (AvgIpc) is 2.60. The molecule has 27 heavy (non-hydrogen) atoms. The molecule has 0 bridgehead atoms. The lowest BCUT2D eigenvalue weighted by atomic mass is 9.85. The molecule has 0 aliphatic carbocycles. The van der Waals surface area contributed by atoms with Gasteiger partial charge in [0, 0.05) is 19.2 Å². The van der Waals surface area contributed by atoms with Crippen LogP contribution in [-0.2, 0) is 4.74 Å². The summed E-state index contributed by atoms with van der Waals surface area (Å²) in [7, 11) is 4.08. The molecular formula is C21H35N3O3. The van der Waals surface area contributed by atoms with E-state index in [4.69, 9.17) is 9.47 Å². The van der Waals surface area contributed by atoms with Gasteiger partial charge in [-0.2, -0.15) is 0 Å². The number of carbonyl (C=O) groups excluding carboxylic acids is 1. The van der Waals surface area contributed by atoms with Crippen LogP contribution in [0.5, 0.6) is 5.75 Å². The Morgan fingerprint density at radius 1 is 1.33 bits per heavy atom. The summed E-state index contributed by atoms with van der Waals surface area (Å²) in [6, 6.07) is 7.31. The molecule has 2 amide bonds. The lowest BCUT2D eigenvalue weighted by molar-refractivity contribution is -0.0109. The summed E-state index contributed by atoms with van der Waals surface area (Å²) in [6.07, 6.45) is 3.45. The van der Waals surface area contributed by atoms with Crippen molar-refractivity contribution in [3.63, 3.8) is 0 Å². The van der Waals surface area contributed by atoms with Crippen LogP contribution in [0.4, 0.5) is 10.5 Å². The Balaban J connectivity index is 1.91. The zero-order valence-corrected chi connectivity index (χ0v) is 17.4. The molecule has 1 fully saturated rings. The number of anilines is 1. The number of nitrogens with one attached hydrogen (secondary N) is 2. The molecule has 1 aromatic carbocycles. The van der Waals surface area contributed by atoms with E-state index in [1.165, 1.54) is 6.42 Å². The first-order valence-corrected chi connectivity index (χ1v) is 9.83. The number of nitrogens with zero attached hydrogens (tertiary/aromatic N) is 1. The van der Waals surface area contributed by atoms with E-state index in [0.717, 1.165) is 26.0 Å². The Hall–Kier alpha value is -1.79. The quantitative estimate of drug-likeness (QED) is 0.725. The van der Waals surface area contributed by atoms with Gasteiger partial charge < -0.3 is 25.0 Å². The number of carbonyl (C=O) groups is 1. The Morgan fingerprint density at radius 3 is 2.74 bits per heavy atom. The predicted octanol–water partition coefficient (Wildman–Crippen LogP) is 3.73. The van der Waals surface area contributed by atoms with Gasteiger partial charge in [-0.3, -0.25) is 0 Å². The Labute approximate surface area is 163 Å². The van der Waals surface area contributed by atoms with Crippen molar-refractivity contribution in [2.45, 2.75) is 52.2 Å². The van der Waals surface area contributed by atoms with Crippen molar-refractivity contribution >= 4 is 11.7 Å². The molecule has 1 aromatic rings. The van der Waals surface area contributed by atoms with E-state index in [1.807, 2.05) is 45.3 Å². The molecule has 2 rings (SSSR count). The van der Waals surface area contributed by atoms with Gasteiger partial charge in [0.25, 0.3) is 0 Å². The Kier molecular flexibility index (Phi) is 7.92. The Morgan fingerprint density at radius 2 is 2.07 bits per heavy atom. The van der Waals surface area contributed by atoms with Crippen LogP contribution in [0.25, 0.3) is 0 Å². The van der Waals surface area contributed by atoms with Crippen molar-refractivity contribution in [1.82, 2.24) is 10.2 Å². The first-order chi connectivity index (χ1) is 12.8. The standard InChI is InChI=1S/C21H35N3O3/c1-16(21(2,3)15-24(4)5)22-20(25)23-18-11-6-7-12-19(18)27-14-17-10-8-9-13-26-17/h6-7,11-12,16-17H,8-10,13-15H2,1-5H3,(H2,22,23,25). The Bertz CT molecular complexity index is 598. The van der Waals surface area contributed by atoms with Gasteiger partial charge in [-0.05, 0) is 57.8 Å². The zero-order chi connectivity index (χ0) is 19.9. The van der Waals surface area contributed by atoms with Crippen molar-refractivity contribution in [2.75, 3.05) is 39.2 Å². The van der Waals surface area contributed by atoms with E-state index >= 15 is 0 Å². The highest BCUT2D eigenvalue weighted by Gasteiger charge is 2.28. The summed E-state index contributed by atoms with van der Waals surface area (Å²) >= 11 is 0. The summed E-state index contributed by atoms with van der Waals surface area (Å²) < 4.78 is 11.6. The van der Waals surface area contributed by atoms with E-state index in [-0.39, 0.29) is 23.6 Å². The number of hydrogen-bond donors (Lipinski definition) is 2. The van der Waals surface area contributed by atoms with Crippen molar-refractivity contribution < 1.29 is 14.3 Å². The highest BCUT2D eigenvalue weighted by molar-refractivity contribution is 5.91. The molecule has 1 saturated heterocycles. The first-order valence-electron chi connectivity index (χ1n) is 9.83. The predicted molar refractivity (Wildman–Crippen MR) is 109 cm³/mol. The third kappa shape index (κ3) is 7.03. The summed E-state index contributed by atoms with van der Waals surface area (Å²) in [5, 5.41) is 5.97. The molecule has 0 saturated carbocycles. The first kappa shape index (κ1) is 21.5. The fraction of sp³-hybridized carbons (Fsp3) is 0.667. The molecule has 2 N–H and O–H groups in total. The molecule has 6 nitrogen and oxygen atoms in total. The minimum atomic E-state index is -0.223. The van der Waals surface area contributed by atoms with Gasteiger partial charge >= 0.3 is 6.03 Å². The summed E-state index contributed by atoms with van der Waals surface area (Å²) in [5.41, 5.74) is 0.623. The van der Waals surface area contributed by atoms with Crippen LogP contribution in [0.2, 0.25) is 0 Å². The second-order valence-electron chi connectivity index (χ2n) is 8.34.